The summed E-state index contributed by atoms with van der Waals surface area (Å²) in [5.74, 6) is 0. The molecule has 1 aliphatic carbocycles. The van der Waals surface area contributed by atoms with Crippen LogP contribution < -0.4 is 10.2 Å². The predicted molar refractivity (Wildman–Crippen MR) is 106 cm³/mol. The number of anilines is 1. The fourth-order valence-corrected chi connectivity index (χ4v) is 4.63. The third kappa shape index (κ3) is 3.17. The van der Waals surface area contributed by atoms with Crippen LogP contribution in [0.15, 0.2) is 42.7 Å². The van der Waals surface area contributed by atoms with E-state index in [9.17, 15) is 4.79 Å². The van der Waals surface area contributed by atoms with E-state index in [1.54, 1.807) is 17.3 Å². The summed E-state index contributed by atoms with van der Waals surface area (Å²) in [4.78, 5) is 24.7. The highest BCUT2D eigenvalue weighted by molar-refractivity contribution is 6.28. The molecule has 1 aromatic heterocycles. The van der Waals surface area contributed by atoms with Crippen molar-refractivity contribution in [2.75, 3.05) is 25.5 Å². The first kappa shape index (κ1) is 18.2. The van der Waals surface area contributed by atoms with Gasteiger partial charge in [-0.15, -0.1) is 0 Å². The number of hydrogen-bond donors (Lipinski definition) is 1. The Balaban J connectivity index is 1.54. The van der Waals surface area contributed by atoms with Crippen molar-refractivity contribution in [3.05, 3.63) is 53.6 Å². The van der Waals surface area contributed by atoms with Crippen molar-refractivity contribution in [1.29, 1.82) is 0 Å². The molecule has 2 fully saturated rings. The van der Waals surface area contributed by atoms with Crippen molar-refractivity contribution < 1.29 is 4.79 Å². The minimum Gasteiger partial charge on any atom is -0.330 e. The summed E-state index contributed by atoms with van der Waals surface area (Å²) in [5, 5.41) is 3.43. The monoisotopic (exact) mass is 385 g/mol. The molecular weight excluding hydrogens is 362 g/mol. The largest absolute Gasteiger partial charge is 0.330 e. The van der Waals surface area contributed by atoms with Crippen LogP contribution >= 0.6 is 11.6 Å². The second kappa shape index (κ2) is 6.77. The highest BCUT2D eigenvalue weighted by Gasteiger charge is 2.50. The number of nitrogens with zero attached hydrogens (tertiary/aromatic N) is 4. The third-order valence-corrected chi connectivity index (χ3v) is 6.39. The number of aromatic nitrogens is 2. The fourth-order valence-electron chi connectivity index (χ4n) is 4.53. The van der Waals surface area contributed by atoms with Gasteiger partial charge in [0.1, 0.15) is 0 Å². The molecule has 0 radical (unpaired) electrons. The molecule has 0 unspecified atom stereocenters. The summed E-state index contributed by atoms with van der Waals surface area (Å²) in [6, 6.07) is 10.6. The van der Waals surface area contributed by atoms with Crippen LogP contribution in [-0.4, -0.2) is 47.1 Å². The van der Waals surface area contributed by atoms with Gasteiger partial charge in [0.2, 0.25) is 5.28 Å². The van der Waals surface area contributed by atoms with E-state index in [-0.39, 0.29) is 22.4 Å². The van der Waals surface area contributed by atoms with E-state index in [0.29, 0.717) is 12.2 Å². The number of nitrogens with one attached hydrogen (secondary N) is 1. The molecule has 2 aliphatic rings. The topological polar surface area (TPSA) is 61.4 Å². The number of benzene rings is 1. The molecule has 1 saturated carbocycles. The Morgan fingerprint density at radius 1 is 1.07 bits per heavy atom. The second-order valence-electron chi connectivity index (χ2n) is 7.80. The van der Waals surface area contributed by atoms with Crippen molar-refractivity contribution in [2.45, 2.75) is 36.8 Å². The SMILES string of the molecule is CN(C)[C@]1(c2ccccc2)CC[C@@]2(CC1)CN(c1cnc(Cl)nc1)C(=O)N2. The Morgan fingerprint density at radius 2 is 1.70 bits per heavy atom. The molecule has 6 nitrogen and oxygen atoms in total. The molecule has 1 aliphatic heterocycles. The number of hydrogen-bond acceptors (Lipinski definition) is 4. The Labute approximate surface area is 164 Å². The molecule has 27 heavy (non-hydrogen) atoms. The minimum absolute atomic E-state index is 0.00798. The molecule has 4 rings (SSSR count). The van der Waals surface area contributed by atoms with Crippen LogP contribution in [-0.2, 0) is 5.54 Å². The number of halogens is 1. The molecule has 2 heterocycles. The lowest BCUT2D eigenvalue weighted by atomic mass is 9.69. The van der Waals surface area contributed by atoms with E-state index in [1.807, 2.05) is 0 Å². The van der Waals surface area contributed by atoms with E-state index in [2.05, 4.69) is 64.6 Å². The Hall–Kier alpha value is -2.18. The zero-order valence-corrected chi connectivity index (χ0v) is 16.4. The normalized spacial score (nSPS) is 28.0. The minimum atomic E-state index is -0.203. The van der Waals surface area contributed by atoms with Crippen LogP contribution in [0.5, 0.6) is 0 Å². The molecule has 2 amide bonds. The second-order valence-corrected chi connectivity index (χ2v) is 8.14. The van der Waals surface area contributed by atoms with Gasteiger partial charge >= 0.3 is 6.03 Å². The lowest BCUT2D eigenvalue weighted by Gasteiger charge is -2.48. The summed E-state index contributed by atoms with van der Waals surface area (Å²) in [6.45, 7) is 0.634. The maximum Gasteiger partial charge on any atom is 0.322 e. The van der Waals surface area contributed by atoms with Gasteiger partial charge in [-0.05, 0) is 56.9 Å². The predicted octanol–water partition coefficient (Wildman–Crippen LogP) is 3.43. The smallest absolute Gasteiger partial charge is 0.322 e. The first-order chi connectivity index (χ1) is 12.9. The Kier molecular flexibility index (Phi) is 4.56. The zero-order valence-electron chi connectivity index (χ0n) is 15.7. The summed E-state index contributed by atoms with van der Waals surface area (Å²) >= 11 is 5.77. The van der Waals surface area contributed by atoms with Gasteiger partial charge in [0, 0.05) is 5.54 Å². The standard InChI is InChI=1S/C20H24ClN5O/c1-25(2)20(15-6-4-3-5-7-15)10-8-19(9-11-20)14-26(18(27)24-19)16-12-22-17(21)23-13-16/h3-7,12-13H,8-11,14H2,1-2H3,(H,24,27)/t19-,20-. The van der Waals surface area contributed by atoms with E-state index in [4.69, 9.17) is 11.6 Å². The van der Waals surface area contributed by atoms with Crippen molar-refractivity contribution in [2.24, 2.45) is 0 Å². The van der Waals surface area contributed by atoms with Gasteiger partial charge in [0.05, 0.1) is 30.2 Å². The quantitative estimate of drug-likeness (QED) is 0.822. The van der Waals surface area contributed by atoms with Crippen LogP contribution in [0.2, 0.25) is 5.28 Å². The van der Waals surface area contributed by atoms with Crippen LogP contribution in [0.1, 0.15) is 31.2 Å². The van der Waals surface area contributed by atoms with E-state index in [0.717, 1.165) is 25.7 Å². The maximum atomic E-state index is 12.6. The molecule has 1 N–H and O–H groups in total. The van der Waals surface area contributed by atoms with Gasteiger partial charge in [-0.3, -0.25) is 9.80 Å². The van der Waals surface area contributed by atoms with Crippen LogP contribution in [0.3, 0.4) is 0 Å². The molecule has 1 aromatic carbocycles. The summed E-state index contributed by atoms with van der Waals surface area (Å²) in [5.41, 5.74) is 1.83. The average molecular weight is 386 g/mol. The number of carbonyl (C=O) groups is 1. The lowest BCUT2D eigenvalue weighted by molar-refractivity contribution is 0.0658. The molecule has 2 aromatic rings. The van der Waals surface area contributed by atoms with E-state index >= 15 is 0 Å². The van der Waals surface area contributed by atoms with Gasteiger partial charge in [-0.2, -0.15) is 0 Å². The van der Waals surface area contributed by atoms with Crippen LogP contribution in [0, 0.1) is 0 Å². The van der Waals surface area contributed by atoms with Crippen LogP contribution in [0.25, 0.3) is 0 Å². The zero-order chi connectivity index (χ0) is 19.1. The van der Waals surface area contributed by atoms with Crippen molar-refractivity contribution in [3.63, 3.8) is 0 Å². The van der Waals surface area contributed by atoms with E-state index < -0.39 is 0 Å². The third-order valence-electron chi connectivity index (χ3n) is 6.20. The van der Waals surface area contributed by atoms with Gasteiger partial charge in [0.15, 0.2) is 0 Å². The lowest BCUT2D eigenvalue weighted by Crippen LogP contribution is -2.54. The number of carbonyl (C=O) groups excluding carboxylic acids is 1. The van der Waals surface area contributed by atoms with Gasteiger partial charge in [0.25, 0.3) is 0 Å². The number of amides is 2. The summed E-state index contributed by atoms with van der Waals surface area (Å²) in [6.07, 6.45) is 7.05. The van der Waals surface area contributed by atoms with Crippen LogP contribution in [0.4, 0.5) is 10.5 Å². The Morgan fingerprint density at radius 3 is 2.30 bits per heavy atom. The molecular formula is C20H24ClN5O. The van der Waals surface area contributed by atoms with Crippen molar-refractivity contribution in [3.8, 4) is 0 Å². The van der Waals surface area contributed by atoms with Gasteiger partial charge < -0.3 is 5.32 Å². The highest BCUT2D eigenvalue weighted by Crippen LogP contribution is 2.46. The molecule has 1 spiro atoms. The molecule has 0 bridgehead atoms. The average Bonchev–Trinajstić information content (AvgIpc) is 3.00. The highest BCUT2D eigenvalue weighted by atomic mass is 35.5. The molecule has 142 valence electrons. The van der Waals surface area contributed by atoms with E-state index in [1.165, 1.54) is 5.56 Å². The fraction of sp³-hybridized carbons (Fsp3) is 0.450. The van der Waals surface area contributed by atoms with Gasteiger partial charge in [-0.1, -0.05) is 30.3 Å². The summed E-state index contributed by atoms with van der Waals surface area (Å²) in [7, 11) is 4.30. The molecule has 0 atom stereocenters. The number of urea groups is 1. The van der Waals surface area contributed by atoms with Gasteiger partial charge in [-0.25, -0.2) is 14.8 Å². The molecule has 7 heteroatoms. The Bertz CT molecular complexity index is 816. The van der Waals surface area contributed by atoms with Crippen molar-refractivity contribution >= 4 is 23.3 Å². The maximum absolute atomic E-state index is 12.6. The first-order valence-electron chi connectivity index (χ1n) is 9.24. The first-order valence-corrected chi connectivity index (χ1v) is 9.62. The number of rotatable bonds is 3. The van der Waals surface area contributed by atoms with Crippen molar-refractivity contribution in [1.82, 2.24) is 20.2 Å². The summed E-state index contributed by atoms with van der Waals surface area (Å²) < 4.78 is 0. The molecule has 1 saturated heterocycles.